The zero-order valence-electron chi connectivity index (χ0n) is 18.1. The van der Waals surface area contributed by atoms with Gasteiger partial charge >= 0.3 is 6.09 Å². The second kappa shape index (κ2) is 12.0. The summed E-state index contributed by atoms with van der Waals surface area (Å²) in [7, 11) is 1.78. The fourth-order valence-corrected chi connectivity index (χ4v) is 2.91. The number of piperazine rings is 1. The molecule has 1 heterocycles. The van der Waals surface area contributed by atoms with Crippen LogP contribution >= 0.6 is 0 Å². The number of likely N-dealkylation sites (N-methyl/N-ethyl adjacent to an activating group) is 1. The van der Waals surface area contributed by atoms with Crippen LogP contribution < -0.4 is 16.0 Å². The molecule has 1 fully saturated rings. The summed E-state index contributed by atoms with van der Waals surface area (Å²) in [5, 5.41) is 9.44. The molecule has 1 unspecified atom stereocenters. The first kappa shape index (κ1) is 23.5. The van der Waals surface area contributed by atoms with Crippen LogP contribution in [0.5, 0.6) is 0 Å². The van der Waals surface area contributed by atoms with Crippen LogP contribution in [0, 0.1) is 0 Å². The molecule has 0 radical (unpaired) electrons. The van der Waals surface area contributed by atoms with Crippen molar-refractivity contribution < 1.29 is 9.53 Å². The highest BCUT2D eigenvalue weighted by Crippen LogP contribution is 2.06. The third-order valence-electron chi connectivity index (χ3n) is 4.58. The smallest absolute Gasteiger partial charge is 0.407 e. The molecule has 1 aliphatic rings. The summed E-state index contributed by atoms with van der Waals surface area (Å²) in [6, 6.07) is 0.469. The minimum Gasteiger partial charge on any atom is -0.444 e. The van der Waals surface area contributed by atoms with Gasteiger partial charge in [0.25, 0.3) is 0 Å². The van der Waals surface area contributed by atoms with Crippen molar-refractivity contribution >= 4 is 12.1 Å². The maximum Gasteiger partial charge on any atom is 0.407 e. The Balaban J connectivity index is 2.15. The van der Waals surface area contributed by atoms with Gasteiger partial charge < -0.3 is 25.6 Å². The van der Waals surface area contributed by atoms with Crippen molar-refractivity contribution in [2.75, 3.05) is 59.4 Å². The number of ether oxygens (including phenoxy) is 1. The second-order valence-electron chi connectivity index (χ2n) is 7.98. The normalized spacial score (nSPS) is 18.1. The number of guanidine groups is 1. The van der Waals surface area contributed by atoms with Crippen molar-refractivity contribution in [3.05, 3.63) is 0 Å². The molecule has 0 aromatic carbocycles. The molecule has 27 heavy (non-hydrogen) atoms. The molecule has 0 spiro atoms. The van der Waals surface area contributed by atoms with Crippen LogP contribution in [-0.4, -0.2) is 92.9 Å². The summed E-state index contributed by atoms with van der Waals surface area (Å²) in [5.74, 6) is 0.798. The van der Waals surface area contributed by atoms with Gasteiger partial charge in [0, 0.05) is 58.9 Å². The highest BCUT2D eigenvalue weighted by Gasteiger charge is 2.20. The number of carbonyl (C=O) groups excluding carboxylic acids is 1. The number of amides is 1. The molecule has 1 aliphatic heterocycles. The summed E-state index contributed by atoms with van der Waals surface area (Å²) >= 11 is 0. The Morgan fingerprint density at radius 1 is 1.11 bits per heavy atom. The molecule has 0 aromatic heterocycles. The Hall–Kier alpha value is -1.54. The second-order valence-corrected chi connectivity index (χ2v) is 7.98. The van der Waals surface area contributed by atoms with E-state index in [2.05, 4.69) is 44.6 Å². The fourth-order valence-electron chi connectivity index (χ4n) is 2.91. The van der Waals surface area contributed by atoms with Crippen molar-refractivity contribution in [3.8, 4) is 0 Å². The minimum atomic E-state index is -0.464. The predicted octanol–water partition coefficient (Wildman–Crippen LogP) is 1.09. The van der Waals surface area contributed by atoms with Crippen LogP contribution in [0.4, 0.5) is 4.79 Å². The number of rotatable bonds is 8. The first-order valence-electron chi connectivity index (χ1n) is 10.1. The first-order valence-corrected chi connectivity index (χ1v) is 10.1. The minimum absolute atomic E-state index is 0.373. The van der Waals surface area contributed by atoms with E-state index in [0.717, 1.165) is 58.2 Å². The molecule has 8 heteroatoms. The molecular formula is C19H40N6O2. The van der Waals surface area contributed by atoms with Gasteiger partial charge in [0.05, 0.1) is 0 Å². The van der Waals surface area contributed by atoms with E-state index in [9.17, 15) is 4.79 Å². The van der Waals surface area contributed by atoms with Gasteiger partial charge in [-0.1, -0.05) is 6.92 Å². The number of hydrogen-bond acceptors (Lipinski definition) is 5. The van der Waals surface area contributed by atoms with E-state index in [4.69, 9.17) is 4.74 Å². The lowest BCUT2D eigenvalue weighted by molar-refractivity contribution is 0.0527. The lowest BCUT2D eigenvalue weighted by Crippen LogP contribution is -2.53. The molecule has 158 valence electrons. The predicted molar refractivity (Wildman–Crippen MR) is 111 cm³/mol. The molecule has 3 N–H and O–H groups in total. The zero-order valence-corrected chi connectivity index (χ0v) is 18.1. The van der Waals surface area contributed by atoms with Crippen molar-refractivity contribution in [3.63, 3.8) is 0 Å². The summed E-state index contributed by atoms with van der Waals surface area (Å²) in [5.41, 5.74) is -0.464. The average Bonchev–Trinajstić information content (AvgIpc) is 2.62. The van der Waals surface area contributed by atoms with Gasteiger partial charge in [-0.05, 0) is 40.7 Å². The lowest BCUT2D eigenvalue weighted by atomic mass is 10.2. The standard InChI is InChI=1S/C19H40N6O2/c1-7-24-11-13-25(14-12-24)16(2)15-23-17(20-6)21-9-8-10-22-18(26)27-19(3,4)5/h16H,7-15H2,1-6H3,(H,22,26)(H2,20,21,23). The van der Waals surface area contributed by atoms with Crippen molar-refractivity contribution in [2.45, 2.75) is 52.7 Å². The lowest BCUT2D eigenvalue weighted by Gasteiger charge is -2.37. The van der Waals surface area contributed by atoms with E-state index in [1.165, 1.54) is 0 Å². The molecule has 1 amide bonds. The summed E-state index contributed by atoms with van der Waals surface area (Å²) in [6.45, 7) is 17.9. The Kier molecular flexibility index (Phi) is 10.5. The van der Waals surface area contributed by atoms with Crippen LogP contribution in [0.2, 0.25) is 0 Å². The van der Waals surface area contributed by atoms with E-state index in [1.54, 1.807) is 7.05 Å². The maximum absolute atomic E-state index is 11.6. The number of nitrogens with zero attached hydrogens (tertiary/aromatic N) is 3. The summed E-state index contributed by atoms with van der Waals surface area (Å²) in [4.78, 5) is 20.9. The van der Waals surface area contributed by atoms with Crippen molar-refractivity contribution in [2.24, 2.45) is 4.99 Å². The topological polar surface area (TPSA) is 81.2 Å². The van der Waals surface area contributed by atoms with E-state index in [-0.39, 0.29) is 6.09 Å². The number of aliphatic imine (C=N–C) groups is 1. The van der Waals surface area contributed by atoms with Crippen LogP contribution in [0.15, 0.2) is 4.99 Å². The van der Waals surface area contributed by atoms with Gasteiger partial charge in [-0.2, -0.15) is 0 Å². The molecule has 0 bridgehead atoms. The molecular weight excluding hydrogens is 344 g/mol. The molecule has 1 rings (SSSR count). The largest absolute Gasteiger partial charge is 0.444 e. The number of alkyl carbamates (subject to hydrolysis) is 1. The van der Waals surface area contributed by atoms with Crippen molar-refractivity contribution in [1.82, 2.24) is 25.8 Å². The molecule has 1 atom stereocenters. The molecule has 0 aromatic rings. The van der Waals surface area contributed by atoms with Gasteiger partial charge in [0.1, 0.15) is 5.60 Å². The Morgan fingerprint density at radius 2 is 1.74 bits per heavy atom. The monoisotopic (exact) mass is 384 g/mol. The first-order chi connectivity index (χ1) is 12.7. The molecule has 0 saturated carbocycles. The van der Waals surface area contributed by atoms with Gasteiger partial charge in [-0.15, -0.1) is 0 Å². The van der Waals surface area contributed by atoms with Gasteiger partial charge in [0.2, 0.25) is 0 Å². The third kappa shape index (κ3) is 10.4. The van der Waals surface area contributed by atoms with Gasteiger partial charge in [-0.3, -0.25) is 9.89 Å². The van der Waals surface area contributed by atoms with E-state index < -0.39 is 5.60 Å². The van der Waals surface area contributed by atoms with Crippen LogP contribution in [0.3, 0.4) is 0 Å². The summed E-state index contributed by atoms with van der Waals surface area (Å²) < 4.78 is 5.21. The zero-order chi connectivity index (χ0) is 20.3. The fraction of sp³-hybridized carbons (Fsp3) is 0.895. The average molecular weight is 385 g/mol. The Bertz CT molecular complexity index is 456. The maximum atomic E-state index is 11.6. The Labute approximate surface area is 165 Å². The number of nitrogens with one attached hydrogen (secondary N) is 3. The van der Waals surface area contributed by atoms with Crippen LogP contribution in [0.25, 0.3) is 0 Å². The number of hydrogen-bond donors (Lipinski definition) is 3. The quantitative estimate of drug-likeness (QED) is 0.330. The molecule has 0 aliphatic carbocycles. The number of carbonyl (C=O) groups is 1. The molecule has 1 saturated heterocycles. The van der Waals surface area contributed by atoms with Gasteiger partial charge in [0.15, 0.2) is 5.96 Å². The van der Waals surface area contributed by atoms with Crippen LogP contribution in [-0.2, 0) is 4.74 Å². The Morgan fingerprint density at radius 3 is 2.30 bits per heavy atom. The third-order valence-corrected chi connectivity index (χ3v) is 4.58. The van der Waals surface area contributed by atoms with E-state index in [1.807, 2.05) is 20.8 Å². The SMILES string of the molecule is CCN1CCN(C(C)CNC(=NC)NCCCNC(=O)OC(C)(C)C)CC1. The highest BCUT2D eigenvalue weighted by atomic mass is 16.6. The van der Waals surface area contributed by atoms with Crippen LogP contribution in [0.1, 0.15) is 41.0 Å². The summed E-state index contributed by atoms with van der Waals surface area (Å²) in [6.07, 6.45) is 0.427. The van der Waals surface area contributed by atoms with E-state index >= 15 is 0 Å². The van der Waals surface area contributed by atoms with Crippen molar-refractivity contribution in [1.29, 1.82) is 0 Å². The van der Waals surface area contributed by atoms with E-state index in [0.29, 0.717) is 12.6 Å². The molecule has 8 nitrogen and oxygen atoms in total. The van der Waals surface area contributed by atoms with Gasteiger partial charge in [-0.25, -0.2) is 4.79 Å². The highest BCUT2D eigenvalue weighted by molar-refractivity contribution is 5.79.